The van der Waals surface area contributed by atoms with Gasteiger partial charge in [-0.2, -0.15) is 11.8 Å². The number of nitrogens with two attached hydrogens (primary N) is 2. The first kappa shape index (κ1) is 29.4. The van der Waals surface area contributed by atoms with Crippen LogP contribution in [-0.4, -0.2) is 93.2 Å². The zero-order chi connectivity index (χ0) is 25.5. The number of carboxylic acid groups (broad SMARTS) is 1. The van der Waals surface area contributed by atoms with E-state index in [0.29, 0.717) is 30.8 Å². The van der Waals surface area contributed by atoms with Crippen LogP contribution in [0.25, 0.3) is 0 Å². The second-order valence-electron chi connectivity index (χ2n) is 7.66. The maximum Gasteiger partial charge on any atom is 0.326 e. The Bertz CT molecular complexity index is 779. The standard InChI is InChI=1S/C20H35N7O6S/c1-34-7-5-15(20(32)33)26-19(31)16(8-12-9-23-11-24-12)27-18(30)14(4-2-3-6-21)25-17(29)13(22)10-28/h9,11,13-16,28H,2-8,10,21-22H2,1H3,(H,23,24)(H,25,29)(H,26,31)(H,27,30)(H,32,33). The smallest absolute Gasteiger partial charge is 0.326 e. The Morgan fingerprint density at radius 1 is 1.06 bits per heavy atom. The van der Waals surface area contributed by atoms with Gasteiger partial charge in [-0.15, -0.1) is 0 Å². The van der Waals surface area contributed by atoms with Crippen LogP contribution in [0.5, 0.6) is 0 Å². The number of aliphatic carboxylic acids is 1. The van der Waals surface area contributed by atoms with Gasteiger partial charge in [-0.3, -0.25) is 14.4 Å². The first-order valence-electron chi connectivity index (χ1n) is 10.9. The highest BCUT2D eigenvalue weighted by Gasteiger charge is 2.30. The van der Waals surface area contributed by atoms with Gasteiger partial charge in [-0.25, -0.2) is 9.78 Å². The number of aromatic amines is 1. The Balaban J connectivity index is 3.01. The third-order valence-corrected chi connectivity index (χ3v) is 5.59. The van der Waals surface area contributed by atoms with E-state index in [1.54, 1.807) is 0 Å². The highest BCUT2D eigenvalue weighted by Crippen LogP contribution is 2.07. The Hall–Kier alpha value is -2.68. The zero-order valence-electron chi connectivity index (χ0n) is 19.2. The molecule has 1 heterocycles. The maximum absolute atomic E-state index is 13.0. The van der Waals surface area contributed by atoms with Gasteiger partial charge in [0, 0.05) is 18.3 Å². The fraction of sp³-hybridized carbons (Fsp3) is 0.650. The minimum Gasteiger partial charge on any atom is -0.480 e. The van der Waals surface area contributed by atoms with Crippen LogP contribution in [0.15, 0.2) is 12.5 Å². The summed E-state index contributed by atoms with van der Waals surface area (Å²) in [6.45, 7) is -0.198. The number of unbranched alkanes of at least 4 members (excludes halogenated alkanes) is 1. The molecule has 1 rings (SSSR count). The van der Waals surface area contributed by atoms with Crippen molar-refractivity contribution in [2.75, 3.05) is 25.2 Å². The molecule has 4 atom stereocenters. The summed E-state index contributed by atoms with van der Waals surface area (Å²) in [5, 5.41) is 26.1. The molecule has 0 spiro atoms. The molecular weight excluding hydrogens is 466 g/mol. The van der Waals surface area contributed by atoms with Gasteiger partial charge in [0.1, 0.15) is 24.2 Å². The van der Waals surface area contributed by atoms with Gasteiger partial charge in [0.05, 0.1) is 12.9 Å². The Morgan fingerprint density at radius 2 is 1.71 bits per heavy atom. The Labute approximate surface area is 202 Å². The van der Waals surface area contributed by atoms with Crippen LogP contribution in [0, 0.1) is 0 Å². The molecule has 0 bridgehead atoms. The molecule has 0 saturated heterocycles. The quantitative estimate of drug-likeness (QED) is 0.106. The molecule has 10 N–H and O–H groups in total. The molecule has 0 fully saturated rings. The van der Waals surface area contributed by atoms with Crippen molar-refractivity contribution in [3.05, 3.63) is 18.2 Å². The second kappa shape index (κ2) is 16.0. The number of carbonyl (C=O) groups is 4. The number of nitrogens with one attached hydrogen (secondary N) is 4. The Morgan fingerprint density at radius 3 is 2.26 bits per heavy atom. The largest absolute Gasteiger partial charge is 0.480 e. The van der Waals surface area contributed by atoms with E-state index in [4.69, 9.17) is 16.6 Å². The topological polar surface area (TPSA) is 226 Å². The molecule has 4 unspecified atom stereocenters. The second-order valence-corrected chi connectivity index (χ2v) is 8.64. The normalized spacial score (nSPS) is 14.5. The van der Waals surface area contributed by atoms with Crippen molar-refractivity contribution in [2.45, 2.75) is 56.3 Å². The molecule has 0 saturated carbocycles. The number of nitrogens with zero attached hydrogens (tertiary/aromatic N) is 1. The third kappa shape index (κ3) is 10.5. The van der Waals surface area contributed by atoms with E-state index >= 15 is 0 Å². The van der Waals surface area contributed by atoms with E-state index in [0.717, 1.165) is 0 Å². The summed E-state index contributed by atoms with van der Waals surface area (Å²) in [7, 11) is 0. The van der Waals surface area contributed by atoms with E-state index in [1.165, 1.54) is 24.3 Å². The predicted octanol–water partition coefficient (Wildman–Crippen LogP) is -2.31. The number of aliphatic hydroxyl groups is 1. The molecule has 0 aliphatic rings. The predicted molar refractivity (Wildman–Crippen MR) is 127 cm³/mol. The van der Waals surface area contributed by atoms with Crippen LogP contribution in [-0.2, 0) is 25.6 Å². The van der Waals surface area contributed by atoms with E-state index in [9.17, 15) is 24.3 Å². The lowest BCUT2D eigenvalue weighted by Crippen LogP contribution is -2.58. The minimum atomic E-state index is -1.21. The third-order valence-electron chi connectivity index (χ3n) is 4.95. The highest BCUT2D eigenvalue weighted by molar-refractivity contribution is 7.98. The van der Waals surface area contributed by atoms with E-state index < -0.39 is 54.5 Å². The van der Waals surface area contributed by atoms with Crippen LogP contribution in [0.2, 0.25) is 0 Å². The van der Waals surface area contributed by atoms with Crippen molar-refractivity contribution in [2.24, 2.45) is 11.5 Å². The SMILES string of the molecule is CSCCC(NC(=O)C(Cc1cnc[nH]1)NC(=O)C(CCCCN)NC(=O)C(N)CO)C(=O)O. The molecule has 0 aliphatic carbocycles. The van der Waals surface area contributed by atoms with Crippen molar-refractivity contribution in [1.82, 2.24) is 25.9 Å². The minimum absolute atomic E-state index is 0.0199. The van der Waals surface area contributed by atoms with Crippen molar-refractivity contribution in [1.29, 1.82) is 0 Å². The number of imidazole rings is 1. The van der Waals surface area contributed by atoms with Gasteiger partial charge < -0.3 is 42.6 Å². The number of thioether (sulfide) groups is 1. The van der Waals surface area contributed by atoms with E-state index in [-0.39, 0.29) is 19.3 Å². The van der Waals surface area contributed by atoms with Crippen LogP contribution in [0.4, 0.5) is 0 Å². The first-order valence-corrected chi connectivity index (χ1v) is 12.3. The molecule has 3 amide bonds. The molecule has 14 heteroatoms. The number of aliphatic hydroxyl groups excluding tert-OH is 1. The molecule has 1 aromatic rings. The first-order chi connectivity index (χ1) is 16.2. The van der Waals surface area contributed by atoms with Crippen LogP contribution < -0.4 is 27.4 Å². The molecule has 0 aliphatic heterocycles. The monoisotopic (exact) mass is 501 g/mol. The Kier molecular flexibility index (Phi) is 13.8. The van der Waals surface area contributed by atoms with Crippen LogP contribution >= 0.6 is 11.8 Å². The fourth-order valence-electron chi connectivity index (χ4n) is 2.99. The fourth-order valence-corrected chi connectivity index (χ4v) is 3.46. The van der Waals surface area contributed by atoms with Gasteiger partial charge in [-0.1, -0.05) is 0 Å². The van der Waals surface area contributed by atoms with Crippen molar-refractivity contribution in [3.8, 4) is 0 Å². The number of aromatic nitrogens is 2. The van der Waals surface area contributed by atoms with E-state index in [2.05, 4.69) is 25.9 Å². The van der Waals surface area contributed by atoms with Crippen molar-refractivity contribution in [3.63, 3.8) is 0 Å². The molecule has 192 valence electrons. The van der Waals surface area contributed by atoms with Crippen LogP contribution in [0.1, 0.15) is 31.4 Å². The number of carbonyl (C=O) groups excluding carboxylic acids is 3. The zero-order valence-corrected chi connectivity index (χ0v) is 20.0. The molecule has 1 aromatic heterocycles. The van der Waals surface area contributed by atoms with Gasteiger partial charge in [0.15, 0.2) is 0 Å². The van der Waals surface area contributed by atoms with E-state index in [1.807, 2.05) is 6.26 Å². The lowest BCUT2D eigenvalue weighted by atomic mass is 10.1. The van der Waals surface area contributed by atoms with Gasteiger partial charge >= 0.3 is 5.97 Å². The number of hydrogen-bond acceptors (Lipinski definition) is 9. The number of amides is 3. The molecule has 0 radical (unpaired) electrons. The molecule has 34 heavy (non-hydrogen) atoms. The van der Waals surface area contributed by atoms with Gasteiger partial charge in [0.2, 0.25) is 17.7 Å². The number of hydrogen-bond donors (Lipinski definition) is 8. The average Bonchev–Trinajstić information content (AvgIpc) is 3.32. The summed E-state index contributed by atoms with van der Waals surface area (Å²) >= 11 is 1.45. The van der Waals surface area contributed by atoms with Crippen LogP contribution in [0.3, 0.4) is 0 Å². The molecular formula is C20H35N7O6S. The van der Waals surface area contributed by atoms with Crippen molar-refractivity contribution < 1.29 is 29.4 Å². The highest BCUT2D eigenvalue weighted by atomic mass is 32.2. The van der Waals surface area contributed by atoms with Gasteiger partial charge in [-0.05, 0) is 44.2 Å². The lowest BCUT2D eigenvalue weighted by molar-refractivity contribution is -0.142. The summed E-state index contributed by atoms with van der Waals surface area (Å²) in [5.74, 6) is -2.71. The summed E-state index contributed by atoms with van der Waals surface area (Å²) in [5.41, 5.74) is 11.6. The van der Waals surface area contributed by atoms with Crippen molar-refractivity contribution >= 4 is 35.5 Å². The summed E-state index contributed by atoms with van der Waals surface area (Å²) in [6.07, 6.45) is 6.32. The average molecular weight is 502 g/mol. The number of H-pyrrole nitrogens is 1. The number of carboxylic acids is 1. The summed E-state index contributed by atoms with van der Waals surface area (Å²) < 4.78 is 0. The summed E-state index contributed by atoms with van der Waals surface area (Å²) in [4.78, 5) is 56.4. The molecule has 13 nitrogen and oxygen atoms in total. The lowest BCUT2D eigenvalue weighted by Gasteiger charge is -2.25. The number of rotatable bonds is 17. The summed E-state index contributed by atoms with van der Waals surface area (Å²) in [6, 6.07) is -4.49. The van der Waals surface area contributed by atoms with Gasteiger partial charge in [0.25, 0.3) is 0 Å². The maximum atomic E-state index is 13.0. The molecule has 0 aromatic carbocycles.